The van der Waals surface area contributed by atoms with Crippen molar-refractivity contribution in [3.05, 3.63) is 29.8 Å². The van der Waals surface area contributed by atoms with Crippen LogP contribution in [0.15, 0.2) is 24.3 Å². The summed E-state index contributed by atoms with van der Waals surface area (Å²) in [6.45, 7) is 3.48. The Hall–Kier alpha value is -1.88. The van der Waals surface area contributed by atoms with Gasteiger partial charge in [-0.05, 0) is 46.1 Å². The fourth-order valence-corrected chi connectivity index (χ4v) is 1.67. The molecule has 5 nitrogen and oxygen atoms in total. The highest BCUT2D eigenvalue weighted by molar-refractivity contribution is 6.03. The summed E-state index contributed by atoms with van der Waals surface area (Å²) in [6, 6.07) is 7.47. The minimum absolute atomic E-state index is 0.143. The zero-order valence-electron chi connectivity index (χ0n) is 12.4. The first kappa shape index (κ1) is 16.2. The van der Waals surface area contributed by atoms with E-state index in [9.17, 15) is 9.59 Å². The summed E-state index contributed by atoms with van der Waals surface area (Å²) in [5.41, 5.74) is 1.84. The number of benzene rings is 1. The topological polar surface area (TPSA) is 61.4 Å². The smallest absolute Gasteiger partial charge is 0.233 e. The molecule has 5 heteroatoms. The van der Waals surface area contributed by atoms with Gasteiger partial charge < -0.3 is 15.5 Å². The van der Waals surface area contributed by atoms with Gasteiger partial charge in [-0.15, -0.1) is 0 Å². The molecule has 2 amide bonds. The van der Waals surface area contributed by atoms with Crippen LogP contribution in [0, 0.1) is 6.92 Å². The Bertz CT molecular complexity index is 441. The van der Waals surface area contributed by atoms with E-state index in [1.165, 1.54) is 0 Å². The number of nitrogens with one attached hydrogen (secondary N) is 2. The maximum Gasteiger partial charge on any atom is 0.233 e. The van der Waals surface area contributed by atoms with Crippen LogP contribution in [0.1, 0.15) is 18.4 Å². The van der Waals surface area contributed by atoms with Gasteiger partial charge in [0.1, 0.15) is 6.42 Å². The molecule has 0 radical (unpaired) electrons. The van der Waals surface area contributed by atoms with Crippen LogP contribution in [0.2, 0.25) is 0 Å². The Balaban J connectivity index is 2.24. The Morgan fingerprint density at radius 1 is 1.10 bits per heavy atom. The maximum absolute atomic E-state index is 11.7. The van der Waals surface area contributed by atoms with Crippen molar-refractivity contribution in [3.63, 3.8) is 0 Å². The average Bonchev–Trinajstić information content (AvgIpc) is 2.37. The molecule has 0 heterocycles. The molecule has 0 saturated carbocycles. The maximum atomic E-state index is 11.7. The number of rotatable bonds is 7. The van der Waals surface area contributed by atoms with E-state index in [2.05, 4.69) is 15.5 Å². The molecule has 20 heavy (non-hydrogen) atoms. The second kappa shape index (κ2) is 8.32. The number of amides is 2. The molecular formula is C15H23N3O2. The van der Waals surface area contributed by atoms with Gasteiger partial charge in [0.05, 0.1) is 0 Å². The number of hydrogen-bond acceptors (Lipinski definition) is 3. The lowest BCUT2D eigenvalue weighted by Crippen LogP contribution is -2.30. The summed E-state index contributed by atoms with van der Waals surface area (Å²) in [5, 5.41) is 5.44. The second-order valence-corrected chi connectivity index (χ2v) is 5.10. The van der Waals surface area contributed by atoms with Crippen LogP contribution in [0.3, 0.4) is 0 Å². The number of carbonyl (C=O) groups is 2. The molecule has 2 N–H and O–H groups in total. The van der Waals surface area contributed by atoms with Gasteiger partial charge in [-0.1, -0.05) is 17.7 Å². The molecule has 0 aromatic heterocycles. The molecule has 1 aromatic rings. The average molecular weight is 277 g/mol. The van der Waals surface area contributed by atoms with E-state index < -0.39 is 0 Å². The lowest BCUT2D eigenvalue weighted by Gasteiger charge is -2.10. The lowest BCUT2D eigenvalue weighted by molar-refractivity contribution is -0.126. The minimum Gasteiger partial charge on any atom is -0.356 e. The van der Waals surface area contributed by atoms with Gasteiger partial charge in [0.15, 0.2) is 0 Å². The van der Waals surface area contributed by atoms with E-state index in [0.717, 1.165) is 18.5 Å². The fraction of sp³-hybridized carbons (Fsp3) is 0.467. The van der Waals surface area contributed by atoms with E-state index in [4.69, 9.17) is 0 Å². The van der Waals surface area contributed by atoms with Gasteiger partial charge in [0, 0.05) is 12.2 Å². The molecule has 0 aliphatic heterocycles. The Morgan fingerprint density at radius 2 is 1.75 bits per heavy atom. The lowest BCUT2D eigenvalue weighted by atomic mass is 10.2. The highest BCUT2D eigenvalue weighted by Crippen LogP contribution is 2.08. The van der Waals surface area contributed by atoms with Gasteiger partial charge in [0.2, 0.25) is 11.8 Å². The summed E-state index contributed by atoms with van der Waals surface area (Å²) < 4.78 is 0. The first-order valence-electron chi connectivity index (χ1n) is 6.75. The number of carbonyl (C=O) groups excluding carboxylic acids is 2. The van der Waals surface area contributed by atoms with Crippen molar-refractivity contribution in [2.24, 2.45) is 0 Å². The Labute approximate surface area is 120 Å². The summed E-state index contributed by atoms with van der Waals surface area (Å²) in [5.74, 6) is -0.535. The molecule has 110 valence electrons. The van der Waals surface area contributed by atoms with E-state index in [0.29, 0.717) is 12.2 Å². The van der Waals surface area contributed by atoms with Crippen LogP contribution in [-0.4, -0.2) is 43.9 Å². The van der Waals surface area contributed by atoms with Crippen molar-refractivity contribution in [2.75, 3.05) is 32.5 Å². The SMILES string of the molecule is Cc1ccc(NC(=O)CC(=O)NCCCN(C)C)cc1. The van der Waals surface area contributed by atoms with Gasteiger partial charge >= 0.3 is 0 Å². The predicted octanol–water partition coefficient (Wildman–Crippen LogP) is 1.39. The highest BCUT2D eigenvalue weighted by Gasteiger charge is 2.09. The molecular weight excluding hydrogens is 254 g/mol. The van der Waals surface area contributed by atoms with Crippen LogP contribution in [-0.2, 0) is 9.59 Å². The normalized spacial score (nSPS) is 10.4. The standard InChI is InChI=1S/C15H23N3O2/c1-12-5-7-13(8-6-12)17-15(20)11-14(19)16-9-4-10-18(2)3/h5-8H,4,9-11H2,1-3H3,(H,16,19)(H,17,20). The highest BCUT2D eigenvalue weighted by atomic mass is 16.2. The van der Waals surface area contributed by atoms with Gasteiger partial charge in [0.25, 0.3) is 0 Å². The Kier molecular flexibility index (Phi) is 6.73. The molecule has 0 saturated heterocycles. The largest absolute Gasteiger partial charge is 0.356 e. The Morgan fingerprint density at radius 3 is 2.35 bits per heavy atom. The van der Waals surface area contributed by atoms with Crippen molar-refractivity contribution in [3.8, 4) is 0 Å². The van der Waals surface area contributed by atoms with E-state index in [1.54, 1.807) is 0 Å². The molecule has 1 aromatic carbocycles. The molecule has 0 fully saturated rings. The molecule has 1 rings (SSSR count). The summed E-state index contributed by atoms with van der Waals surface area (Å²) in [7, 11) is 3.97. The van der Waals surface area contributed by atoms with Crippen molar-refractivity contribution >= 4 is 17.5 Å². The zero-order valence-corrected chi connectivity index (χ0v) is 12.4. The van der Waals surface area contributed by atoms with Crippen LogP contribution < -0.4 is 10.6 Å². The van der Waals surface area contributed by atoms with Crippen LogP contribution >= 0.6 is 0 Å². The molecule has 0 spiro atoms. The third kappa shape index (κ3) is 6.89. The van der Waals surface area contributed by atoms with Crippen molar-refractivity contribution < 1.29 is 9.59 Å². The van der Waals surface area contributed by atoms with E-state index >= 15 is 0 Å². The quantitative estimate of drug-likeness (QED) is 0.585. The molecule has 0 aliphatic rings. The van der Waals surface area contributed by atoms with Crippen LogP contribution in [0.5, 0.6) is 0 Å². The minimum atomic E-state index is -0.293. The van der Waals surface area contributed by atoms with Crippen molar-refractivity contribution in [1.82, 2.24) is 10.2 Å². The molecule has 0 unspecified atom stereocenters. The number of anilines is 1. The summed E-state index contributed by atoms with van der Waals surface area (Å²) >= 11 is 0. The second-order valence-electron chi connectivity index (χ2n) is 5.10. The van der Waals surface area contributed by atoms with Gasteiger partial charge in [-0.3, -0.25) is 9.59 Å². The van der Waals surface area contributed by atoms with Gasteiger partial charge in [-0.2, -0.15) is 0 Å². The molecule has 0 bridgehead atoms. The first-order valence-corrected chi connectivity index (χ1v) is 6.75. The van der Waals surface area contributed by atoms with E-state index in [1.807, 2.05) is 45.3 Å². The number of hydrogen-bond donors (Lipinski definition) is 2. The third-order valence-corrected chi connectivity index (χ3v) is 2.76. The van der Waals surface area contributed by atoms with E-state index in [-0.39, 0.29) is 18.2 Å². The molecule has 0 atom stereocenters. The zero-order chi connectivity index (χ0) is 15.0. The fourth-order valence-electron chi connectivity index (χ4n) is 1.67. The third-order valence-electron chi connectivity index (χ3n) is 2.76. The first-order chi connectivity index (χ1) is 9.47. The summed E-state index contributed by atoms with van der Waals surface area (Å²) in [4.78, 5) is 25.3. The van der Waals surface area contributed by atoms with Crippen molar-refractivity contribution in [1.29, 1.82) is 0 Å². The monoisotopic (exact) mass is 277 g/mol. The predicted molar refractivity (Wildman–Crippen MR) is 80.6 cm³/mol. The summed E-state index contributed by atoms with van der Waals surface area (Å²) in [6.07, 6.45) is 0.730. The molecule has 0 aliphatic carbocycles. The van der Waals surface area contributed by atoms with Crippen molar-refractivity contribution in [2.45, 2.75) is 19.8 Å². The van der Waals surface area contributed by atoms with Crippen LogP contribution in [0.25, 0.3) is 0 Å². The number of nitrogens with zero attached hydrogens (tertiary/aromatic N) is 1. The van der Waals surface area contributed by atoms with Gasteiger partial charge in [-0.25, -0.2) is 0 Å². The number of aryl methyl sites for hydroxylation is 1. The van der Waals surface area contributed by atoms with Crippen LogP contribution in [0.4, 0.5) is 5.69 Å².